The van der Waals surface area contributed by atoms with Gasteiger partial charge in [0.05, 0.1) is 17.3 Å². The molecular formula is C13H16ClN3. The second-order valence-corrected chi connectivity index (χ2v) is 4.78. The molecule has 3 nitrogen and oxygen atoms in total. The summed E-state index contributed by atoms with van der Waals surface area (Å²) in [5.74, 6) is 0. The normalized spacial score (nSPS) is 12.7. The van der Waals surface area contributed by atoms with Crippen LogP contribution in [0, 0.1) is 13.8 Å². The Labute approximate surface area is 106 Å². The Morgan fingerprint density at radius 2 is 2.12 bits per heavy atom. The van der Waals surface area contributed by atoms with Crippen LogP contribution in [0.2, 0.25) is 0 Å². The minimum absolute atomic E-state index is 0.0612. The lowest BCUT2D eigenvalue weighted by atomic mass is 10.1. The highest BCUT2D eigenvalue weighted by Crippen LogP contribution is 2.22. The fraction of sp³-hybridized carbons (Fsp3) is 0.385. The maximum absolute atomic E-state index is 6.15. The zero-order chi connectivity index (χ0) is 12.4. The molecule has 2 rings (SSSR count). The molecule has 17 heavy (non-hydrogen) atoms. The Bertz CT molecular complexity index is 519. The van der Waals surface area contributed by atoms with Crippen LogP contribution in [0.1, 0.15) is 35.5 Å². The van der Waals surface area contributed by atoms with Crippen molar-refractivity contribution in [2.45, 2.75) is 32.6 Å². The number of halogens is 1. The van der Waals surface area contributed by atoms with Crippen molar-refractivity contribution in [1.29, 1.82) is 0 Å². The first-order valence-electron chi connectivity index (χ1n) is 5.75. The molecule has 1 heterocycles. The summed E-state index contributed by atoms with van der Waals surface area (Å²) < 4.78 is 1.79. The van der Waals surface area contributed by atoms with E-state index in [0.717, 1.165) is 17.8 Å². The van der Waals surface area contributed by atoms with E-state index in [1.807, 2.05) is 13.1 Å². The van der Waals surface area contributed by atoms with Gasteiger partial charge >= 0.3 is 0 Å². The molecule has 0 radical (unpaired) electrons. The van der Waals surface area contributed by atoms with E-state index in [9.17, 15) is 0 Å². The first-order chi connectivity index (χ1) is 8.11. The molecule has 90 valence electrons. The number of aromatic nitrogens is 3. The number of benzene rings is 1. The molecule has 0 spiro atoms. The van der Waals surface area contributed by atoms with Crippen molar-refractivity contribution in [2.75, 3.05) is 0 Å². The van der Waals surface area contributed by atoms with E-state index in [2.05, 4.69) is 42.4 Å². The lowest BCUT2D eigenvalue weighted by molar-refractivity contribution is 0.782. The molecule has 1 aromatic carbocycles. The molecule has 0 aliphatic carbocycles. The van der Waals surface area contributed by atoms with Crippen molar-refractivity contribution in [1.82, 2.24) is 15.0 Å². The average Bonchev–Trinajstić information content (AvgIpc) is 2.80. The molecule has 1 aromatic heterocycles. The number of alkyl halides is 1. The molecule has 0 amide bonds. The topological polar surface area (TPSA) is 30.7 Å². The minimum Gasteiger partial charge on any atom is -0.220 e. The molecular weight excluding hydrogens is 234 g/mol. The average molecular weight is 250 g/mol. The number of aryl methyl sites for hydroxylation is 2. The first kappa shape index (κ1) is 12.1. The van der Waals surface area contributed by atoms with Crippen LogP contribution in [-0.4, -0.2) is 15.0 Å². The third-order valence-corrected chi connectivity index (χ3v) is 3.33. The van der Waals surface area contributed by atoms with E-state index in [1.54, 1.807) is 4.68 Å². The van der Waals surface area contributed by atoms with Crippen molar-refractivity contribution in [3.8, 4) is 5.69 Å². The monoisotopic (exact) mass is 249 g/mol. The Morgan fingerprint density at radius 1 is 1.35 bits per heavy atom. The van der Waals surface area contributed by atoms with Crippen LogP contribution >= 0.6 is 11.6 Å². The zero-order valence-corrected chi connectivity index (χ0v) is 11.1. The Morgan fingerprint density at radius 3 is 2.82 bits per heavy atom. The first-order valence-corrected chi connectivity index (χ1v) is 6.19. The summed E-state index contributed by atoms with van der Waals surface area (Å²) in [4.78, 5) is 0. The Kier molecular flexibility index (Phi) is 3.48. The highest BCUT2D eigenvalue weighted by molar-refractivity contribution is 6.20. The second kappa shape index (κ2) is 4.88. The SMILES string of the molecule is CCC(Cl)c1cn(-c2cc(C)ccc2C)nn1. The van der Waals surface area contributed by atoms with E-state index in [1.165, 1.54) is 11.1 Å². The number of rotatable bonds is 3. The van der Waals surface area contributed by atoms with Gasteiger partial charge in [0.2, 0.25) is 0 Å². The van der Waals surface area contributed by atoms with Crippen LogP contribution in [0.15, 0.2) is 24.4 Å². The van der Waals surface area contributed by atoms with E-state index in [0.29, 0.717) is 0 Å². The van der Waals surface area contributed by atoms with Gasteiger partial charge in [0, 0.05) is 0 Å². The van der Waals surface area contributed by atoms with Gasteiger partial charge in [-0.25, -0.2) is 4.68 Å². The van der Waals surface area contributed by atoms with Crippen LogP contribution in [0.3, 0.4) is 0 Å². The molecule has 4 heteroatoms. The van der Waals surface area contributed by atoms with Crippen LogP contribution < -0.4 is 0 Å². The lowest BCUT2D eigenvalue weighted by Gasteiger charge is -2.05. The van der Waals surface area contributed by atoms with Crippen molar-refractivity contribution in [3.05, 3.63) is 41.2 Å². The molecule has 2 aromatic rings. The standard InChI is InChI=1S/C13H16ClN3/c1-4-11(14)12-8-17(16-15-12)13-7-9(2)5-6-10(13)3/h5-8,11H,4H2,1-3H3. The zero-order valence-electron chi connectivity index (χ0n) is 10.3. The molecule has 0 aliphatic rings. The van der Waals surface area contributed by atoms with Gasteiger partial charge in [0.15, 0.2) is 0 Å². The fourth-order valence-electron chi connectivity index (χ4n) is 1.71. The number of nitrogens with zero attached hydrogens (tertiary/aromatic N) is 3. The molecule has 1 atom stereocenters. The third kappa shape index (κ3) is 2.50. The van der Waals surface area contributed by atoms with Gasteiger partial charge in [-0.3, -0.25) is 0 Å². The molecule has 0 N–H and O–H groups in total. The lowest BCUT2D eigenvalue weighted by Crippen LogP contribution is -1.98. The summed E-state index contributed by atoms with van der Waals surface area (Å²) in [5.41, 5.74) is 4.27. The minimum atomic E-state index is -0.0612. The van der Waals surface area contributed by atoms with Gasteiger partial charge in [-0.05, 0) is 37.5 Å². The van der Waals surface area contributed by atoms with Crippen LogP contribution in [-0.2, 0) is 0 Å². The largest absolute Gasteiger partial charge is 0.220 e. The van der Waals surface area contributed by atoms with Crippen LogP contribution in [0.25, 0.3) is 5.69 Å². The van der Waals surface area contributed by atoms with Gasteiger partial charge in [-0.1, -0.05) is 24.3 Å². The van der Waals surface area contributed by atoms with Crippen molar-refractivity contribution < 1.29 is 0 Å². The Hall–Kier alpha value is -1.35. The third-order valence-electron chi connectivity index (χ3n) is 2.80. The van der Waals surface area contributed by atoms with Crippen LogP contribution in [0.5, 0.6) is 0 Å². The molecule has 0 saturated carbocycles. The summed E-state index contributed by atoms with van der Waals surface area (Å²) >= 11 is 6.15. The smallest absolute Gasteiger partial charge is 0.101 e. The maximum Gasteiger partial charge on any atom is 0.101 e. The Balaban J connectivity index is 2.40. The van der Waals surface area contributed by atoms with E-state index >= 15 is 0 Å². The molecule has 0 saturated heterocycles. The van der Waals surface area contributed by atoms with Gasteiger partial charge in [-0.2, -0.15) is 0 Å². The summed E-state index contributed by atoms with van der Waals surface area (Å²) in [6.45, 7) is 6.17. The quantitative estimate of drug-likeness (QED) is 0.779. The van der Waals surface area contributed by atoms with Gasteiger partial charge in [0.25, 0.3) is 0 Å². The van der Waals surface area contributed by atoms with Crippen molar-refractivity contribution in [2.24, 2.45) is 0 Å². The van der Waals surface area contributed by atoms with Gasteiger partial charge in [-0.15, -0.1) is 16.7 Å². The summed E-state index contributed by atoms with van der Waals surface area (Å²) in [6, 6.07) is 6.28. The van der Waals surface area contributed by atoms with E-state index in [4.69, 9.17) is 11.6 Å². The number of hydrogen-bond acceptors (Lipinski definition) is 2. The van der Waals surface area contributed by atoms with Crippen molar-refractivity contribution >= 4 is 11.6 Å². The van der Waals surface area contributed by atoms with Crippen LogP contribution in [0.4, 0.5) is 0 Å². The highest BCUT2D eigenvalue weighted by atomic mass is 35.5. The summed E-state index contributed by atoms with van der Waals surface area (Å²) in [7, 11) is 0. The van der Waals surface area contributed by atoms with Gasteiger partial charge in [0.1, 0.15) is 5.69 Å². The van der Waals surface area contributed by atoms with E-state index in [-0.39, 0.29) is 5.38 Å². The molecule has 1 unspecified atom stereocenters. The molecule has 0 aliphatic heterocycles. The molecule has 0 bridgehead atoms. The van der Waals surface area contributed by atoms with Gasteiger partial charge < -0.3 is 0 Å². The summed E-state index contributed by atoms with van der Waals surface area (Å²) in [6.07, 6.45) is 2.76. The maximum atomic E-state index is 6.15. The predicted molar refractivity (Wildman–Crippen MR) is 69.7 cm³/mol. The van der Waals surface area contributed by atoms with E-state index < -0.39 is 0 Å². The fourth-order valence-corrected chi connectivity index (χ4v) is 1.81. The number of hydrogen-bond donors (Lipinski definition) is 0. The second-order valence-electron chi connectivity index (χ2n) is 4.25. The molecule has 0 fully saturated rings. The predicted octanol–water partition coefficient (Wildman–Crippen LogP) is 3.57. The van der Waals surface area contributed by atoms with Crippen molar-refractivity contribution in [3.63, 3.8) is 0 Å². The highest BCUT2D eigenvalue weighted by Gasteiger charge is 2.11. The summed E-state index contributed by atoms with van der Waals surface area (Å²) in [5, 5.41) is 8.19.